The number of amides is 2. The lowest BCUT2D eigenvalue weighted by Gasteiger charge is -2.10. The molecule has 0 atom stereocenters. The zero-order chi connectivity index (χ0) is 19.8. The van der Waals surface area contributed by atoms with Crippen LogP contribution in [0.25, 0.3) is 0 Å². The van der Waals surface area contributed by atoms with Crippen LogP contribution in [0.15, 0.2) is 72.9 Å². The van der Waals surface area contributed by atoms with Crippen LogP contribution in [0.1, 0.15) is 32.0 Å². The Hall–Kier alpha value is -3.67. The molecule has 28 heavy (non-hydrogen) atoms. The molecule has 2 amide bonds. The molecule has 2 N–H and O–H groups in total. The van der Waals surface area contributed by atoms with Crippen molar-refractivity contribution in [1.29, 1.82) is 0 Å². The fraction of sp³-hybridized carbons (Fsp3) is 0.136. The molecule has 0 fully saturated rings. The molecule has 0 saturated carbocycles. The number of pyridine rings is 1. The molecule has 0 saturated heterocycles. The van der Waals surface area contributed by atoms with E-state index < -0.39 is 0 Å². The van der Waals surface area contributed by atoms with Gasteiger partial charge in [0.2, 0.25) is 0 Å². The van der Waals surface area contributed by atoms with Gasteiger partial charge in [-0.05, 0) is 36.4 Å². The van der Waals surface area contributed by atoms with Crippen molar-refractivity contribution in [3.05, 3.63) is 95.3 Å². The fourth-order valence-corrected chi connectivity index (χ4v) is 2.70. The van der Waals surface area contributed by atoms with Crippen LogP contribution in [0.3, 0.4) is 0 Å². The van der Waals surface area contributed by atoms with E-state index >= 15 is 0 Å². The molecule has 6 nitrogen and oxygen atoms in total. The number of ether oxygens (including phenoxy) is 1. The molecule has 3 rings (SSSR count). The molecule has 0 unspecified atom stereocenters. The summed E-state index contributed by atoms with van der Waals surface area (Å²) in [6.45, 7) is 0.656. The zero-order valence-electron chi connectivity index (χ0n) is 15.5. The first-order valence-corrected chi connectivity index (χ1v) is 8.85. The van der Waals surface area contributed by atoms with Crippen LogP contribution in [-0.2, 0) is 13.1 Å². The number of carbonyl (C=O) groups excluding carboxylic acids is 2. The topological polar surface area (TPSA) is 80.3 Å². The van der Waals surface area contributed by atoms with Crippen LogP contribution in [-0.4, -0.2) is 23.9 Å². The lowest BCUT2D eigenvalue weighted by Crippen LogP contribution is -2.25. The van der Waals surface area contributed by atoms with E-state index in [1.165, 1.54) is 0 Å². The Bertz CT molecular complexity index is 958. The van der Waals surface area contributed by atoms with Gasteiger partial charge in [-0.15, -0.1) is 0 Å². The molecule has 0 aliphatic carbocycles. The molecule has 142 valence electrons. The van der Waals surface area contributed by atoms with Crippen LogP contribution in [0.5, 0.6) is 5.75 Å². The molecular formula is C22H21N3O3. The van der Waals surface area contributed by atoms with Gasteiger partial charge in [0.25, 0.3) is 11.8 Å². The average Bonchev–Trinajstić information content (AvgIpc) is 2.76. The number of hydrogen-bond acceptors (Lipinski definition) is 4. The molecule has 0 aliphatic heterocycles. The summed E-state index contributed by atoms with van der Waals surface area (Å²) in [7, 11) is 1.59. The van der Waals surface area contributed by atoms with Gasteiger partial charge in [0.15, 0.2) is 0 Å². The quantitative estimate of drug-likeness (QED) is 0.665. The lowest BCUT2D eigenvalue weighted by molar-refractivity contribution is 0.0950. The van der Waals surface area contributed by atoms with Crippen molar-refractivity contribution in [2.24, 2.45) is 0 Å². The molecule has 6 heteroatoms. The number of hydrogen-bond donors (Lipinski definition) is 2. The fourth-order valence-electron chi connectivity index (χ4n) is 2.70. The summed E-state index contributed by atoms with van der Waals surface area (Å²) >= 11 is 0. The highest BCUT2D eigenvalue weighted by atomic mass is 16.5. The molecular weight excluding hydrogens is 354 g/mol. The Kier molecular flexibility index (Phi) is 6.36. The predicted molar refractivity (Wildman–Crippen MR) is 106 cm³/mol. The average molecular weight is 375 g/mol. The number of nitrogens with one attached hydrogen (secondary N) is 2. The smallest absolute Gasteiger partial charge is 0.251 e. The number of nitrogens with zero attached hydrogens (tertiary/aromatic N) is 1. The van der Waals surface area contributed by atoms with Gasteiger partial charge < -0.3 is 15.4 Å². The van der Waals surface area contributed by atoms with Gasteiger partial charge in [0, 0.05) is 29.4 Å². The first-order chi connectivity index (χ1) is 13.7. The minimum Gasteiger partial charge on any atom is -0.496 e. The van der Waals surface area contributed by atoms with Gasteiger partial charge in [-0.25, -0.2) is 0 Å². The lowest BCUT2D eigenvalue weighted by atomic mass is 10.1. The Morgan fingerprint density at radius 2 is 1.54 bits per heavy atom. The number of methoxy groups -OCH3 is 1. The third kappa shape index (κ3) is 4.94. The van der Waals surface area contributed by atoms with Crippen molar-refractivity contribution in [3.8, 4) is 5.75 Å². The molecule has 2 aromatic carbocycles. The number of rotatable bonds is 7. The highest BCUT2D eigenvalue weighted by molar-refractivity contribution is 5.99. The Morgan fingerprint density at radius 1 is 0.857 bits per heavy atom. The van der Waals surface area contributed by atoms with Crippen LogP contribution in [0.4, 0.5) is 0 Å². The molecule has 1 aromatic heterocycles. The maximum atomic E-state index is 12.5. The third-order valence-corrected chi connectivity index (χ3v) is 4.18. The van der Waals surface area contributed by atoms with E-state index in [-0.39, 0.29) is 11.8 Å². The monoisotopic (exact) mass is 375 g/mol. The minimum atomic E-state index is -0.259. The van der Waals surface area contributed by atoms with Crippen LogP contribution >= 0.6 is 0 Å². The normalized spacial score (nSPS) is 10.2. The molecule has 0 radical (unpaired) electrons. The maximum absolute atomic E-state index is 12.5. The number of para-hydroxylation sites is 1. The van der Waals surface area contributed by atoms with Gasteiger partial charge in [0.05, 0.1) is 19.3 Å². The first kappa shape index (κ1) is 19.1. The van der Waals surface area contributed by atoms with E-state index in [0.717, 1.165) is 11.3 Å². The summed E-state index contributed by atoms with van der Waals surface area (Å²) in [4.78, 5) is 29.0. The minimum absolute atomic E-state index is 0.259. The molecule has 3 aromatic rings. The second-order valence-electron chi connectivity index (χ2n) is 6.08. The van der Waals surface area contributed by atoms with Crippen molar-refractivity contribution < 1.29 is 14.3 Å². The van der Waals surface area contributed by atoms with E-state index in [1.54, 1.807) is 37.6 Å². The van der Waals surface area contributed by atoms with Crippen LogP contribution in [0, 0.1) is 0 Å². The van der Waals surface area contributed by atoms with E-state index in [4.69, 9.17) is 4.74 Å². The largest absolute Gasteiger partial charge is 0.496 e. The molecule has 0 aliphatic rings. The van der Waals surface area contributed by atoms with Gasteiger partial charge in [-0.2, -0.15) is 0 Å². The molecule has 0 bridgehead atoms. The number of benzene rings is 2. The summed E-state index contributed by atoms with van der Waals surface area (Å²) in [6.07, 6.45) is 1.67. The van der Waals surface area contributed by atoms with E-state index in [1.807, 2.05) is 42.5 Å². The van der Waals surface area contributed by atoms with E-state index in [9.17, 15) is 9.59 Å². The highest BCUT2D eigenvalue weighted by Gasteiger charge is 2.11. The second kappa shape index (κ2) is 9.32. The molecule has 1 heterocycles. The predicted octanol–water partition coefficient (Wildman–Crippen LogP) is 2.95. The Labute approximate surface area is 163 Å². The van der Waals surface area contributed by atoms with Crippen molar-refractivity contribution in [2.75, 3.05) is 7.11 Å². The van der Waals surface area contributed by atoms with Crippen LogP contribution in [0.2, 0.25) is 0 Å². The van der Waals surface area contributed by atoms with Gasteiger partial charge in [0.1, 0.15) is 5.75 Å². The summed E-state index contributed by atoms with van der Waals surface area (Å²) in [5, 5.41) is 5.66. The summed E-state index contributed by atoms with van der Waals surface area (Å²) in [5.41, 5.74) is 2.48. The number of aromatic nitrogens is 1. The standard InChI is InChI=1S/C22H21N3O3/c1-28-20-11-3-2-7-18(20)14-24-21(26)16-8-6-9-17(13-16)22(27)25-15-19-10-4-5-12-23-19/h2-13H,14-15H2,1H3,(H,24,26)(H,25,27). The van der Waals surface area contributed by atoms with Crippen molar-refractivity contribution in [2.45, 2.75) is 13.1 Å². The van der Waals surface area contributed by atoms with Gasteiger partial charge in [-0.3, -0.25) is 14.6 Å². The zero-order valence-corrected chi connectivity index (χ0v) is 15.5. The number of carbonyl (C=O) groups is 2. The SMILES string of the molecule is COc1ccccc1CNC(=O)c1cccc(C(=O)NCc2ccccn2)c1. The second-order valence-corrected chi connectivity index (χ2v) is 6.08. The van der Waals surface area contributed by atoms with Crippen molar-refractivity contribution in [1.82, 2.24) is 15.6 Å². The van der Waals surface area contributed by atoms with Crippen LogP contribution < -0.4 is 15.4 Å². The first-order valence-electron chi connectivity index (χ1n) is 8.85. The Morgan fingerprint density at radius 3 is 2.21 bits per heavy atom. The third-order valence-electron chi connectivity index (χ3n) is 4.18. The summed E-state index contributed by atoms with van der Waals surface area (Å²) in [6, 6.07) is 19.6. The van der Waals surface area contributed by atoms with Crippen molar-refractivity contribution >= 4 is 11.8 Å². The van der Waals surface area contributed by atoms with Gasteiger partial charge in [-0.1, -0.05) is 30.3 Å². The Balaban J connectivity index is 1.61. The maximum Gasteiger partial charge on any atom is 0.251 e. The summed E-state index contributed by atoms with van der Waals surface area (Å²) in [5.74, 6) is 0.195. The van der Waals surface area contributed by atoms with E-state index in [2.05, 4.69) is 15.6 Å². The summed E-state index contributed by atoms with van der Waals surface area (Å²) < 4.78 is 5.29. The van der Waals surface area contributed by atoms with E-state index in [0.29, 0.717) is 30.0 Å². The highest BCUT2D eigenvalue weighted by Crippen LogP contribution is 2.17. The van der Waals surface area contributed by atoms with Gasteiger partial charge >= 0.3 is 0 Å². The van der Waals surface area contributed by atoms with Crippen molar-refractivity contribution in [3.63, 3.8) is 0 Å². The molecule has 0 spiro atoms.